The number of rotatable bonds is 16. The Morgan fingerprint density at radius 1 is 0.708 bits per heavy atom. The number of amides is 8. The van der Waals surface area contributed by atoms with Crippen molar-refractivity contribution in [3.63, 3.8) is 0 Å². The van der Waals surface area contributed by atoms with Crippen LogP contribution in [0.25, 0.3) is 11.1 Å². The van der Waals surface area contributed by atoms with Gasteiger partial charge < -0.3 is 132 Å². The maximum atomic E-state index is 16.3. The number of likely N-dealkylation sites (N-methyl/N-ethyl adjacent to an activating group) is 1. The van der Waals surface area contributed by atoms with E-state index in [9.17, 15) is 70.2 Å². The number of carbonyl (C=O) groups excluding carboxylic acids is 8. The van der Waals surface area contributed by atoms with E-state index in [1.54, 1.807) is 38.1 Å². The van der Waals surface area contributed by atoms with Crippen LogP contribution in [0.4, 0.5) is 4.79 Å². The molecular weight excluding hydrogens is 1530 g/mol. The molecule has 0 spiro atoms. The second-order valence-electron chi connectivity index (χ2n) is 28.4. The highest BCUT2D eigenvalue weighted by atomic mass is 35.5. The number of primary amides is 1. The number of carbonyl (C=O) groups is 9. The number of phenolic OH excluding ortho intramolecular Hbond substituents is 3. The van der Waals surface area contributed by atoms with Crippen LogP contribution < -0.4 is 62.3 Å². The lowest BCUT2D eigenvalue weighted by Gasteiger charge is -2.44. The highest BCUT2D eigenvalue weighted by Crippen LogP contribution is 2.50. The van der Waals surface area contributed by atoms with E-state index in [0.29, 0.717) is 11.3 Å². The standard InChI is InChI=1S/C75H83Cl2N9O27/c1-29(2)17-43(86(5)74(105)107-28-31-7-12-37(106-6)13-8-31)67(98)84-57-59(92)33-10-15-46(40(76)19-33)109-48-21-35-22-49(64(48)113-73-62(95)61(94)60(93)50(27-87)111-73)110-47-16-11-34(20-41(47)77)63(112-52-26-75(4,79)65(96)30(3)108-52)58-71(102)83-56(72(103)104)39-23-36(88)24-45(90)53(39)38-18-32(9-14-44(38)89)54(68(99)85-58)82-69(100)55(35)81-66(97)42(25-51(78)91)80-70(57)101/h7-16,18-24,29-30,42-43,50,52,54-63,65,73,87-90,92-96H,17,25-28,79H2,1-6H3,(H2,78,91)(H,80,101)(H,81,97)(H,82,100)(H,83,102)(H,84,98)(H,85,99)(H,103,104)/t30-,42-,43+,50+,52-,54+,55+,56-,57+,58-,59+,60+,61-,62+,63+,65-,73-,75-/m0/s1. The third-order valence-corrected chi connectivity index (χ3v) is 20.3. The van der Waals surface area contributed by atoms with Crippen molar-refractivity contribution in [1.82, 2.24) is 36.8 Å². The van der Waals surface area contributed by atoms with E-state index in [-0.39, 0.29) is 42.1 Å². The van der Waals surface area contributed by atoms with Crippen molar-refractivity contribution >= 4 is 76.6 Å². The SMILES string of the molecule is COc1ccc(COC(=O)N(C)[C@H](CC(C)C)C(=O)N[C@H]2C(=O)N[C@@H](CC(N)=O)C(=O)N[C@H]3C(=O)N[C@H]4C(=O)N[C@H](C(=O)N[C@H](C(=O)O)c5cc(O)cc(O)c5-c5cc4ccc5O)[C@H](O[C@H]4C[C@](C)(N)[C@@H](O)[C@H](C)O4)c4ccc(c(Cl)c4)Oc4cc3cc(c4O[C@@H]3O[C@H](CO)[C@@H](O)[C@H](O)[C@H]3O)Oc3ccc(cc3Cl)[C@H]2O)cc1. The van der Waals surface area contributed by atoms with Crippen molar-refractivity contribution < 1.29 is 132 Å². The van der Waals surface area contributed by atoms with Gasteiger partial charge >= 0.3 is 12.1 Å². The lowest BCUT2D eigenvalue weighted by Crippen LogP contribution is -2.61. The number of aliphatic hydroxyl groups excluding tert-OH is 6. The Morgan fingerprint density at radius 2 is 1.33 bits per heavy atom. The quantitative estimate of drug-likeness (QED) is 0.0660. The fraction of sp³-hybridized carbons (Fsp3) is 0.400. The molecule has 13 rings (SSSR count). The molecule has 2 fully saturated rings. The Labute approximate surface area is 653 Å². The Hall–Kier alpha value is -10.9. The Morgan fingerprint density at radius 3 is 1.94 bits per heavy atom. The van der Waals surface area contributed by atoms with E-state index in [1.165, 1.54) is 34.1 Å². The number of benzene rings is 6. The number of nitrogens with one attached hydrogen (secondary N) is 6. The van der Waals surface area contributed by atoms with Gasteiger partial charge in [-0.05, 0) is 121 Å². The van der Waals surface area contributed by atoms with Crippen LogP contribution in [0.5, 0.6) is 51.7 Å². The molecule has 38 heteroatoms. The minimum absolute atomic E-state index is 0.0966. The first-order chi connectivity index (χ1) is 53.4. The van der Waals surface area contributed by atoms with Crippen molar-refractivity contribution in [3.8, 4) is 62.9 Å². The Kier molecular flexibility index (Phi) is 25.2. The summed E-state index contributed by atoms with van der Waals surface area (Å²) in [6.45, 7) is 5.09. The zero-order valence-electron chi connectivity index (χ0n) is 61.0. The van der Waals surface area contributed by atoms with Gasteiger partial charge in [0.15, 0.2) is 23.8 Å². The van der Waals surface area contributed by atoms with E-state index in [4.69, 9.17) is 72.6 Å². The van der Waals surface area contributed by atoms with Crippen LogP contribution in [0.3, 0.4) is 0 Å². The summed E-state index contributed by atoms with van der Waals surface area (Å²) >= 11 is 14.3. The maximum absolute atomic E-state index is 16.3. The van der Waals surface area contributed by atoms with E-state index in [0.717, 1.165) is 77.7 Å². The van der Waals surface area contributed by atoms with Crippen molar-refractivity contribution in [2.45, 2.75) is 163 Å². The topological polar surface area (TPSA) is 557 Å². The van der Waals surface area contributed by atoms with Gasteiger partial charge in [-0.2, -0.15) is 0 Å². The molecule has 0 saturated carbocycles. The van der Waals surface area contributed by atoms with Crippen LogP contribution in [0.2, 0.25) is 10.0 Å². The number of hydrogen-bond acceptors (Lipinski definition) is 27. The molecule has 6 aromatic carbocycles. The summed E-state index contributed by atoms with van der Waals surface area (Å²) < 4.78 is 48.9. The number of fused-ring (bicyclic) bond motifs is 15. The summed E-state index contributed by atoms with van der Waals surface area (Å²) in [6, 6.07) is 4.87. The number of carboxylic acid groups (broad SMARTS) is 1. The summed E-state index contributed by atoms with van der Waals surface area (Å²) in [6.07, 6.45) is -20.8. The molecule has 8 amide bonds. The molecule has 20 N–H and O–H groups in total. The minimum Gasteiger partial charge on any atom is -0.508 e. The largest absolute Gasteiger partial charge is 0.508 e. The molecule has 2 saturated heterocycles. The molecule has 0 aliphatic carbocycles. The van der Waals surface area contributed by atoms with Gasteiger partial charge in [0.25, 0.3) is 0 Å². The predicted octanol–water partition coefficient (Wildman–Crippen LogP) is 2.16. The second-order valence-corrected chi connectivity index (χ2v) is 29.2. The average Bonchev–Trinajstić information content (AvgIpc) is 0.768. The number of hydrogen-bond donors (Lipinski definition) is 18. The van der Waals surface area contributed by atoms with Crippen molar-refractivity contribution in [1.29, 1.82) is 0 Å². The summed E-state index contributed by atoms with van der Waals surface area (Å²) in [7, 11) is 2.71. The number of aliphatic hydroxyl groups is 6. The molecule has 7 aliphatic heterocycles. The number of halogens is 2. The van der Waals surface area contributed by atoms with Gasteiger partial charge in [-0.1, -0.05) is 67.4 Å². The summed E-state index contributed by atoms with van der Waals surface area (Å²) in [5.41, 5.74) is 8.51. The van der Waals surface area contributed by atoms with Crippen molar-refractivity contribution in [2.24, 2.45) is 17.4 Å². The molecule has 7 heterocycles. The van der Waals surface area contributed by atoms with Gasteiger partial charge in [-0.25, -0.2) is 9.59 Å². The molecule has 18 atom stereocenters. The molecule has 604 valence electrons. The monoisotopic (exact) mass is 1610 g/mol. The molecule has 7 aliphatic rings. The van der Waals surface area contributed by atoms with Crippen LogP contribution in [0.1, 0.15) is 111 Å². The molecule has 36 nitrogen and oxygen atoms in total. The van der Waals surface area contributed by atoms with E-state index in [2.05, 4.69) is 31.9 Å². The zero-order valence-corrected chi connectivity index (χ0v) is 62.5. The molecule has 0 radical (unpaired) electrons. The first kappa shape index (κ1) is 83.1. The smallest absolute Gasteiger partial charge is 0.410 e. The third kappa shape index (κ3) is 18.1. The summed E-state index contributed by atoms with van der Waals surface area (Å²) in [5, 5.41) is 127. The number of ether oxygens (including phenoxy) is 8. The lowest BCUT2D eigenvalue weighted by atomic mass is 9.86. The number of nitrogens with zero attached hydrogens (tertiary/aromatic N) is 1. The van der Waals surface area contributed by atoms with Gasteiger partial charge in [-0.15, -0.1) is 0 Å². The highest BCUT2D eigenvalue weighted by molar-refractivity contribution is 6.32. The van der Waals surface area contributed by atoms with Gasteiger partial charge in [0, 0.05) is 41.8 Å². The number of aliphatic carboxylic acids is 1. The average molecular weight is 1610 g/mol. The van der Waals surface area contributed by atoms with Crippen LogP contribution in [-0.2, 0) is 63.9 Å². The normalized spacial score (nSPS) is 27.4. The van der Waals surface area contributed by atoms with E-state index < -0.39 is 254 Å². The zero-order chi connectivity index (χ0) is 82.1. The summed E-state index contributed by atoms with van der Waals surface area (Å²) in [4.78, 5) is 135. The number of phenols is 3. The van der Waals surface area contributed by atoms with Gasteiger partial charge in [0.05, 0.1) is 42.4 Å². The first-order valence-electron chi connectivity index (χ1n) is 35.2. The fourth-order valence-electron chi connectivity index (χ4n) is 13.6. The number of aromatic hydroxyl groups is 3. The van der Waals surface area contributed by atoms with Gasteiger partial charge in [0.1, 0.15) is 114 Å². The second kappa shape index (κ2) is 34.2. The van der Waals surface area contributed by atoms with Crippen molar-refractivity contribution in [3.05, 3.63) is 147 Å². The Bertz CT molecular complexity index is 4670. The van der Waals surface area contributed by atoms with Crippen LogP contribution in [0, 0.1) is 5.92 Å². The molecule has 11 bridgehead atoms. The maximum Gasteiger partial charge on any atom is 0.410 e. The minimum atomic E-state index is -2.41. The van der Waals surface area contributed by atoms with Crippen LogP contribution in [-0.4, -0.2) is 209 Å². The number of nitrogens with two attached hydrogens (primary N) is 2. The van der Waals surface area contributed by atoms with E-state index >= 15 is 24.0 Å². The predicted molar refractivity (Wildman–Crippen MR) is 391 cm³/mol. The molecule has 6 aromatic rings. The van der Waals surface area contributed by atoms with E-state index in [1.807, 2.05) is 0 Å². The number of carboxylic acids is 1. The van der Waals surface area contributed by atoms with Crippen LogP contribution >= 0.6 is 23.2 Å². The fourth-order valence-corrected chi connectivity index (χ4v) is 14.1. The molecule has 113 heavy (non-hydrogen) atoms. The Balaban J connectivity index is 1.12. The van der Waals surface area contributed by atoms with Gasteiger partial charge in [-0.3, -0.25) is 38.5 Å². The number of methoxy groups -OCH3 is 1. The molecule has 0 unspecified atom stereocenters. The third-order valence-electron chi connectivity index (χ3n) is 19.7. The molecular formula is C75H83Cl2N9O27. The van der Waals surface area contributed by atoms with Crippen LogP contribution in [0.15, 0.2) is 103 Å². The highest BCUT2D eigenvalue weighted by Gasteiger charge is 2.49. The first-order valence-corrected chi connectivity index (χ1v) is 36.0. The lowest BCUT2D eigenvalue weighted by molar-refractivity contribution is -0.277. The molecule has 0 aromatic heterocycles. The van der Waals surface area contributed by atoms with Gasteiger partial charge in [0.2, 0.25) is 53.4 Å². The summed E-state index contributed by atoms with van der Waals surface area (Å²) in [5.74, 6) is -16.6. The van der Waals surface area contributed by atoms with Crippen molar-refractivity contribution in [2.75, 3.05) is 20.8 Å².